The molecular formula is C25H27NO6. The summed E-state index contributed by atoms with van der Waals surface area (Å²) in [6.07, 6.45) is -0.901. The summed E-state index contributed by atoms with van der Waals surface area (Å²) in [6, 6.07) is 15.0. The topological polar surface area (TPSA) is 94.8 Å². The van der Waals surface area contributed by atoms with Gasteiger partial charge < -0.3 is 19.2 Å². The van der Waals surface area contributed by atoms with Crippen LogP contribution in [0.25, 0.3) is 11.0 Å². The predicted molar refractivity (Wildman–Crippen MR) is 121 cm³/mol. The van der Waals surface area contributed by atoms with Gasteiger partial charge in [-0.2, -0.15) is 0 Å². The smallest absolute Gasteiger partial charge is 0.336 e. The second-order valence-electron chi connectivity index (χ2n) is 7.90. The third-order valence-corrected chi connectivity index (χ3v) is 4.84. The number of carbonyl (C=O) groups excluding carboxylic acids is 2. The van der Waals surface area contributed by atoms with Crippen molar-refractivity contribution in [2.75, 3.05) is 0 Å². The molecule has 1 aromatic heterocycles. The molecule has 0 fully saturated rings. The maximum Gasteiger partial charge on any atom is 0.336 e. The lowest BCUT2D eigenvalue weighted by atomic mass is 10.1. The van der Waals surface area contributed by atoms with Gasteiger partial charge in [0, 0.05) is 23.9 Å². The lowest BCUT2D eigenvalue weighted by Crippen LogP contribution is -2.48. The quantitative estimate of drug-likeness (QED) is 0.428. The van der Waals surface area contributed by atoms with Gasteiger partial charge in [-0.05, 0) is 51.0 Å². The van der Waals surface area contributed by atoms with Crippen LogP contribution in [-0.4, -0.2) is 30.1 Å². The molecule has 32 heavy (non-hydrogen) atoms. The lowest BCUT2D eigenvalue weighted by Gasteiger charge is -2.22. The maximum atomic E-state index is 12.8. The number of benzene rings is 2. The molecule has 0 aliphatic carbocycles. The zero-order valence-corrected chi connectivity index (χ0v) is 18.6. The van der Waals surface area contributed by atoms with Crippen LogP contribution < -0.4 is 15.7 Å². The average molecular weight is 437 g/mol. The lowest BCUT2D eigenvalue weighted by molar-refractivity contribution is -0.152. The van der Waals surface area contributed by atoms with E-state index in [-0.39, 0.29) is 6.10 Å². The number of ether oxygens (including phenoxy) is 2. The Morgan fingerprint density at radius 1 is 1.03 bits per heavy atom. The van der Waals surface area contributed by atoms with E-state index >= 15 is 0 Å². The minimum atomic E-state index is -0.894. The van der Waals surface area contributed by atoms with E-state index < -0.39 is 29.6 Å². The normalized spacial score (nSPS) is 12.9. The first-order chi connectivity index (χ1) is 15.2. The summed E-state index contributed by atoms with van der Waals surface area (Å²) in [5.41, 5.74) is 1.61. The Kier molecular flexibility index (Phi) is 7.30. The van der Waals surface area contributed by atoms with E-state index in [1.54, 1.807) is 39.0 Å². The number of aryl methyl sites for hydroxylation is 1. The highest BCUT2D eigenvalue weighted by molar-refractivity contribution is 5.87. The maximum absolute atomic E-state index is 12.8. The summed E-state index contributed by atoms with van der Waals surface area (Å²) in [5, 5.41) is 3.52. The molecule has 1 amide bonds. The van der Waals surface area contributed by atoms with Gasteiger partial charge in [-0.3, -0.25) is 4.79 Å². The van der Waals surface area contributed by atoms with Crippen molar-refractivity contribution in [1.82, 2.24) is 5.32 Å². The van der Waals surface area contributed by atoms with Crippen LogP contribution in [0, 0.1) is 6.92 Å². The molecule has 0 saturated carbocycles. The molecule has 0 aliphatic heterocycles. The number of rotatable bonds is 8. The van der Waals surface area contributed by atoms with Crippen molar-refractivity contribution < 1.29 is 23.5 Å². The molecule has 0 saturated heterocycles. The largest absolute Gasteiger partial charge is 0.481 e. The molecule has 0 aliphatic rings. The molecule has 0 bridgehead atoms. The molecule has 0 spiro atoms. The van der Waals surface area contributed by atoms with E-state index in [1.807, 2.05) is 37.3 Å². The Bertz CT molecular complexity index is 1150. The minimum Gasteiger partial charge on any atom is -0.481 e. The van der Waals surface area contributed by atoms with Crippen LogP contribution in [-0.2, 0) is 20.7 Å². The molecule has 168 valence electrons. The molecule has 3 aromatic rings. The van der Waals surface area contributed by atoms with Crippen molar-refractivity contribution >= 4 is 22.8 Å². The van der Waals surface area contributed by atoms with Crippen molar-refractivity contribution in [3.63, 3.8) is 0 Å². The first-order valence-corrected chi connectivity index (χ1v) is 10.5. The summed E-state index contributed by atoms with van der Waals surface area (Å²) in [5.74, 6) is -0.594. The Morgan fingerprint density at radius 3 is 2.44 bits per heavy atom. The van der Waals surface area contributed by atoms with Gasteiger partial charge in [0.05, 0.1) is 6.10 Å². The summed E-state index contributed by atoms with van der Waals surface area (Å²) < 4.78 is 16.3. The number of hydrogen-bond donors (Lipinski definition) is 1. The predicted octanol–water partition coefficient (Wildman–Crippen LogP) is 3.55. The van der Waals surface area contributed by atoms with Gasteiger partial charge in [-0.1, -0.05) is 30.3 Å². The second kappa shape index (κ2) is 10.1. The van der Waals surface area contributed by atoms with Crippen LogP contribution in [0.15, 0.2) is 63.8 Å². The Morgan fingerprint density at radius 2 is 1.75 bits per heavy atom. The molecular weight excluding hydrogens is 410 g/mol. The monoisotopic (exact) mass is 437 g/mol. The van der Waals surface area contributed by atoms with Gasteiger partial charge in [0.15, 0.2) is 6.10 Å². The van der Waals surface area contributed by atoms with Crippen molar-refractivity contribution in [3.8, 4) is 5.75 Å². The first-order valence-electron chi connectivity index (χ1n) is 10.5. The molecule has 7 nitrogen and oxygen atoms in total. The third-order valence-electron chi connectivity index (χ3n) is 4.84. The molecule has 1 heterocycles. The molecule has 3 rings (SSSR count). The highest BCUT2D eigenvalue weighted by Crippen LogP contribution is 2.23. The zero-order chi connectivity index (χ0) is 23.3. The second-order valence-corrected chi connectivity index (χ2v) is 7.90. The fourth-order valence-corrected chi connectivity index (χ4v) is 3.28. The van der Waals surface area contributed by atoms with E-state index in [1.165, 1.54) is 6.07 Å². The number of fused-ring (bicyclic) bond motifs is 1. The van der Waals surface area contributed by atoms with E-state index in [0.29, 0.717) is 17.8 Å². The summed E-state index contributed by atoms with van der Waals surface area (Å²) in [7, 11) is 0. The van der Waals surface area contributed by atoms with E-state index in [4.69, 9.17) is 13.9 Å². The first kappa shape index (κ1) is 23.1. The highest BCUT2D eigenvalue weighted by atomic mass is 16.5. The number of hydrogen-bond acceptors (Lipinski definition) is 6. The molecule has 7 heteroatoms. The van der Waals surface area contributed by atoms with Gasteiger partial charge in [-0.25, -0.2) is 9.59 Å². The van der Waals surface area contributed by atoms with Gasteiger partial charge in [0.2, 0.25) is 0 Å². The van der Waals surface area contributed by atoms with Crippen LogP contribution in [0.4, 0.5) is 0 Å². The van der Waals surface area contributed by atoms with Crippen LogP contribution in [0.1, 0.15) is 31.9 Å². The summed E-state index contributed by atoms with van der Waals surface area (Å²) >= 11 is 0. The molecule has 2 aromatic carbocycles. The van der Waals surface area contributed by atoms with Gasteiger partial charge in [0.25, 0.3) is 5.91 Å². The SMILES string of the molecule is Cc1cc(=O)oc2cc(OC(C)C(=O)N[C@@H](Cc3ccccc3)C(=O)OC(C)C)ccc12. The van der Waals surface area contributed by atoms with Gasteiger partial charge in [0.1, 0.15) is 17.4 Å². The van der Waals surface area contributed by atoms with E-state index in [0.717, 1.165) is 16.5 Å². The van der Waals surface area contributed by atoms with E-state index in [9.17, 15) is 14.4 Å². The Hall–Kier alpha value is -3.61. The third kappa shape index (κ3) is 5.97. The van der Waals surface area contributed by atoms with Crippen LogP contribution in [0.2, 0.25) is 0 Å². The summed E-state index contributed by atoms with van der Waals surface area (Å²) in [4.78, 5) is 37.0. The highest BCUT2D eigenvalue weighted by Gasteiger charge is 2.26. The number of amides is 1. The zero-order valence-electron chi connectivity index (χ0n) is 18.6. The van der Waals surface area contributed by atoms with Gasteiger partial charge in [-0.15, -0.1) is 0 Å². The van der Waals surface area contributed by atoms with Crippen molar-refractivity contribution in [2.24, 2.45) is 0 Å². The molecule has 1 unspecified atom stereocenters. The van der Waals surface area contributed by atoms with Gasteiger partial charge >= 0.3 is 11.6 Å². The Labute approximate surface area is 186 Å². The summed E-state index contributed by atoms with van der Waals surface area (Å²) in [6.45, 7) is 6.91. The number of esters is 1. The standard InChI is InChI=1S/C25H27NO6/c1-15(2)30-25(29)21(13-18-8-6-5-7-9-18)26-24(28)17(4)31-19-10-11-20-16(3)12-23(27)32-22(20)14-19/h5-12,14-15,17,21H,13H2,1-4H3,(H,26,28)/t17?,21-/m0/s1. The van der Waals surface area contributed by atoms with Crippen molar-refractivity contribution in [3.05, 3.63) is 76.1 Å². The average Bonchev–Trinajstić information content (AvgIpc) is 2.73. The molecule has 2 atom stereocenters. The van der Waals surface area contributed by atoms with E-state index in [2.05, 4.69) is 5.32 Å². The molecule has 1 N–H and O–H groups in total. The Balaban J connectivity index is 1.73. The minimum absolute atomic E-state index is 0.297. The van der Waals surface area contributed by atoms with Crippen LogP contribution in [0.3, 0.4) is 0 Å². The fraction of sp³-hybridized carbons (Fsp3) is 0.320. The number of carbonyl (C=O) groups is 2. The fourth-order valence-electron chi connectivity index (χ4n) is 3.28. The number of nitrogens with one attached hydrogen (secondary N) is 1. The van der Waals surface area contributed by atoms with Crippen LogP contribution in [0.5, 0.6) is 5.75 Å². The van der Waals surface area contributed by atoms with Crippen molar-refractivity contribution in [2.45, 2.75) is 52.4 Å². The van der Waals surface area contributed by atoms with Crippen molar-refractivity contribution in [1.29, 1.82) is 0 Å². The molecule has 0 radical (unpaired) electrons. The van der Waals surface area contributed by atoms with Crippen LogP contribution >= 0.6 is 0 Å².